The minimum absolute atomic E-state index is 0.189. The Balaban J connectivity index is 1.90. The van der Waals surface area contributed by atoms with Crippen LogP contribution in [-0.4, -0.2) is 40.4 Å². The number of benzene rings is 1. The molecule has 0 bridgehead atoms. The molecular weight excluding hydrogens is 244 g/mol. The summed E-state index contributed by atoms with van der Waals surface area (Å²) in [4.78, 5) is 16.0. The third-order valence-electron chi connectivity index (χ3n) is 3.66. The number of aliphatic hydroxyl groups excluding tert-OH is 1. The fourth-order valence-electron chi connectivity index (χ4n) is 2.56. The molecule has 2 heterocycles. The van der Waals surface area contributed by atoms with Crippen LogP contribution in [0.15, 0.2) is 24.3 Å². The fourth-order valence-corrected chi connectivity index (χ4v) is 2.56. The predicted molar refractivity (Wildman–Crippen MR) is 72.7 cm³/mol. The van der Waals surface area contributed by atoms with E-state index in [0.29, 0.717) is 0 Å². The van der Waals surface area contributed by atoms with E-state index in [9.17, 15) is 9.90 Å². The first-order chi connectivity index (χ1) is 9.13. The number of aromatic amines is 1. The summed E-state index contributed by atoms with van der Waals surface area (Å²) >= 11 is 0. The van der Waals surface area contributed by atoms with Gasteiger partial charge < -0.3 is 20.1 Å². The second kappa shape index (κ2) is 4.59. The van der Waals surface area contributed by atoms with E-state index in [4.69, 9.17) is 5.11 Å². The lowest BCUT2D eigenvalue weighted by Crippen LogP contribution is -2.35. The number of rotatable bonds is 2. The molecule has 3 rings (SSSR count). The largest absolute Gasteiger partial charge is 0.477 e. The Morgan fingerprint density at radius 1 is 1.26 bits per heavy atom. The highest BCUT2D eigenvalue weighted by Gasteiger charge is 2.17. The van der Waals surface area contributed by atoms with E-state index < -0.39 is 5.97 Å². The number of aromatic nitrogens is 1. The Morgan fingerprint density at radius 2 is 2.00 bits per heavy atom. The highest BCUT2D eigenvalue weighted by Crippen LogP contribution is 2.25. The van der Waals surface area contributed by atoms with E-state index in [1.165, 1.54) is 0 Å². The van der Waals surface area contributed by atoms with Gasteiger partial charge in [0.2, 0.25) is 0 Å². The van der Waals surface area contributed by atoms with Gasteiger partial charge in [0.15, 0.2) is 0 Å². The van der Waals surface area contributed by atoms with Crippen LogP contribution in [0, 0.1) is 0 Å². The SMILES string of the molecule is O=C(O)c1cc2cc(N3CCC(O)CC3)ccc2[nH]1. The molecule has 2 aromatic rings. The third kappa shape index (κ3) is 2.29. The lowest BCUT2D eigenvalue weighted by molar-refractivity contribution is 0.0691. The molecule has 5 heteroatoms. The first-order valence-electron chi connectivity index (χ1n) is 6.42. The van der Waals surface area contributed by atoms with Crippen molar-refractivity contribution in [2.45, 2.75) is 18.9 Å². The molecule has 1 aromatic carbocycles. The minimum atomic E-state index is -0.946. The van der Waals surface area contributed by atoms with Crippen LogP contribution in [0.2, 0.25) is 0 Å². The molecule has 0 aliphatic carbocycles. The van der Waals surface area contributed by atoms with Crippen molar-refractivity contribution >= 4 is 22.6 Å². The molecule has 1 fully saturated rings. The summed E-state index contributed by atoms with van der Waals surface area (Å²) in [7, 11) is 0. The molecule has 0 saturated carbocycles. The van der Waals surface area contributed by atoms with Gasteiger partial charge in [-0.2, -0.15) is 0 Å². The van der Waals surface area contributed by atoms with Crippen molar-refractivity contribution in [1.29, 1.82) is 0 Å². The van der Waals surface area contributed by atoms with E-state index >= 15 is 0 Å². The number of anilines is 1. The highest BCUT2D eigenvalue weighted by molar-refractivity contribution is 5.94. The van der Waals surface area contributed by atoms with Crippen molar-refractivity contribution in [3.63, 3.8) is 0 Å². The number of nitrogens with one attached hydrogen (secondary N) is 1. The molecule has 1 saturated heterocycles. The lowest BCUT2D eigenvalue weighted by Gasteiger charge is -2.31. The molecule has 100 valence electrons. The Kier molecular flexibility index (Phi) is 2.91. The first-order valence-corrected chi connectivity index (χ1v) is 6.42. The number of fused-ring (bicyclic) bond motifs is 1. The van der Waals surface area contributed by atoms with E-state index in [-0.39, 0.29) is 11.8 Å². The fraction of sp³-hybridized carbons (Fsp3) is 0.357. The topological polar surface area (TPSA) is 76.6 Å². The standard InChI is InChI=1S/C14H16N2O3/c17-11-3-5-16(6-4-11)10-1-2-12-9(7-10)8-13(15-12)14(18)19/h1-2,7-8,11,15,17H,3-6H2,(H,18,19). The van der Waals surface area contributed by atoms with E-state index in [2.05, 4.69) is 9.88 Å². The van der Waals surface area contributed by atoms with Crippen LogP contribution in [0.4, 0.5) is 5.69 Å². The second-order valence-corrected chi connectivity index (χ2v) is 4.98. The molecule has 0 radical (unpaired) electrons. The highest BCUT2D eigenvalue weighted by atomic mass is 16.4. The van der Waals surface area contributed by atoms with Crippen LogP contribution >= 0.6 is 0 Å². The van der Waals surface area contributed by atoms with Gasteiger partial charge in [-0.15, -0.1) is 0 Å². The molecule has 1 aliphatic heterocycles. The van der Waals surface area contributed by atoms with Gasteiger partial charge in [-0.1, -0.05) is 0 Å². The minimum Gasteiger partial charge on any atom is -0.477 e. The van der Waals surface area contributed by atoms with Crippen LogP contribution in [0.5, 0.6) is 0 Å². The molecule has 0 amide bonds. The number of carboxylic acids is 1. The van der Waals surface area contributed by atoms with E-state index in [1.54, 1.807) is 6.07 Å². The number of H-pyrrole nitrogens is 1. The Bertz CT molecular complexity index is 612. The summed E-state index contributed by atoms with van der Waals surface area (Å²) in [5.41, 5.74) is 2.12. The Labute approximate surface area is 110 Å². The van der Waals surface area contributed by atoms with Crippen molar-refractivity contribution in [2.75, 3.05) is 18.0 Å². The third-order valence-corrected chi connectivity index (χ3v) is 3.66. The van der Waals surface area contributed by atoms with Crippen molar-refractivity contribution in [1.82, 2.24) is 4.98 Å². The maximum absolute atomic E-state index is 10.9. The number of aliphatic hydroxyl groups is 1. The quantitative estimate of drug-likeness (QED) is 0.770. The van der Waals surface area contributed by atoms with Crippen LogP contribution < -0.4 is 4.90 Å². The molecule has 19 heavy (non-hydrogen) atoms. The molecule has 5 nitrogen and oxygen atoms in total. The summed E-state index contributed by atoms with van der Waals surface area (Å²) < 4.78 is 0. The summed E-state index contributed by atoms with van der Waals surface area (Å²) in [6.45, 7) is 1.67. The summed E-state index contributed by atoms with van der Waals surface area (Å²) in [5.74, 6) is -0.946. The monoisotopic (exact) mass is 260 g/mol. The summed E-state index contributed by atoms with van der Waals surface area (Å²) in [6.07, 6.45) is 1.38. The second-order valence-electron chi connectivity index (χ2n) is 4.98. The van der Waals surface area contributed by atoms with Crippen LogP contribution in [-0.2, 0) is 0 Å². The number of piperidine rings is 1. The molecule has 1 aromatic heterocycles. The van der Waals surface area contributed by atoms with Crippen molar-refractivity contribution in [2.24, 2.45) is 0 Å². The van der Waals surface area contributed by atoms with Crippen LogP contribution in [0.3, 0.4) is 0 Å². The first kappa shape index (κ1) is 12.0. The smallest absolute Gasteiger partial charge is 0.352 e. The number of carbonyl (C=O) groups is 1. The van der Waals surface area contributed by atoms with E-state index in [1.807, 2.05) is 18.2 Å². The number of hydrogen-bond donors (Lipinski definition) is 3. The van der Waals surface area contributed by atoms with Gasteiger partial charge in [0.25, 0.3) is 0 Å². The molecule has 0 unspecified atom stereocenters. The maximum atomic E-state index is 10.9. The zero-order valence-electron chi connectivity index (χ0n) is 10.5. The lowest BCUT2D eigenvalue weighted by atomic mass is 10.1. The van der Waals surface area contributed by atoms with Gasteiger partial charge in [0, 0.05) is 29.7 Å². The van der Waals surface area contributed by atoms with Gasteiger partial charge >= 0.3 is 5.97 Å². The Hall–Kier alpha value is -2.01. The maximum Gasteiger partial charge on any atom is 0.352 e. The van der Waals surface area contributed by atoms with Gasteiger partial charge in [-0.25, -0.2) is 4.79 Å². The zero-order valence-corrected chi connectivity index (χ0v) is 10.5. The Morgan fingerprint density at radius 3 is 2.68 bits per heavy atom. The van der Waals surface area contributed by atoms with E-state index in [0.717, 1.165) is 42.5 Å². The summed E-state index contributed by atoms with van der Waals surface area (Å²) in [6, 6.07) is 7.54. The molecule has 3 N–H and O–H groups in total. The van der Waals surface area contributed by atoms with Gasteiger partial charge in [-0.3, -0.25) is 0 Å². The average molecular weight is 260 g/mol. The van der Waals surface area contributed by atoms with Gasteiger partial charge in [0.05, 0.1) is 6.10 Å². The van der Waals surface area contributed by atoms with Crippen molar-refractivity contribution in [3.05, 3.63) is 30.0 Å². The van der Waals surface area contributed by atoms with Crippen molar-refractivity contribution in [3.8, 4) is 0 Å². The average Bonchev–Trinajstić information content (AvgIpc) is 2.82. The van der Waals surface area contributed by atoms with Crippen LogP contribution in [0.25, 0.3) is 10.9 Å². The summed E-state index contributed by atoms with van der Waals surface area (Å²) in [5, 5.41) is 19.4. The molecular formula is C14H16N2O3. The molecule has 0 atom stereocenters. The number of aromatic carboxylic acids is 1. The van der Waals surface area contributed by atoms with Crippen LogP contribution in [0.1, 0.15) is 23.3 Å². The number of hydrogen-bond acceptors (Lipinski definition) is 3. The molecule has 1 aliphatic rings. The predicted octanol–water partition coefficient (Wildman–Crippen LogP) is 1.83. The zero-order chi connectivity index (χ0) is 13.4. The van der Waals surface area contributed by atoms with Gasteiger partial charge in [-0.05, 0) is 37.1 Å². The number of nitrogens with zero attached hydrogens (tertiary/aromatic N) is 1. The van der Waals surface area contributed by atoms with Gasteiger partial charge in [0.1, 0.15) is 5.69 Å². The van der Waals surface area contributed by atoms with Crippen molar-refractivity contribution < 1.29 is 15.0 Å². The number of carboxylic acid groups (broad SMARTS) is 1. The normalized spacial score (nSPS) is 17.0. The molecule has 0 spiro atoms.